The number of anilines is 2. The van der Waals surface area contributed by atoms with Crippen LogP contribution in [0.4, 0.5) is 11.5 Å². The van der Waals surface area contributed by atoms with Crippen molar-refractivity contribution < 1.29 is 4.74 Å². The lowest BCUT2D eigenvalue weighted by Gasteiger charge is -2.25. The molecule has 0 aliphatic rings. The zero-order chi connectivity index (χ0) is 16.7. The van der Waals surface area contributed by atoms with Gasteiger partial charge in [-0.15, -0.1) is 6.58 Å². The first-order valence-electron chi connectivity index (χ1n) is 7.39. The van der Waals surface area contributed by atoms with Gasteiger partial charge in [0, 0.05) is 33.4 Å². The van der Waals surface area contributed by atoms with Crippen LogP contribution in [0.25, 0.3) is 0 Å². The maximum atomic E-state index is 12.2. The average molecular weight is 310 g/mol. The molecule has 0 unspecified atom stereocenters. The lowest BCUT2D eigenvalue weighted by atomic mass is 10.2. The number of nitrogens with one attached hydrogen (secondary N) is 1. The smallest absolute Gasteiger partial charge is 0.330 e. The number of hydrogen-bond acceptors (Lipinski definition) is 5. The van der Waals surface area contributed by atoms with Crippen molar-refractivity contribution >= 4 is 11.5 Å². The summed E-state index contributed by atoms with van der Waals surface area (Å²) >= 11 is 0. The molecule has 1 aromatic rings. The fourth-order valence-corrected chi connectivity index (χ4v) is 2.28. The summed E-state index contributed by atoms with van der Waals surface area (Å²) in [6.45, 7) is 9.77. The summed E-state index contributed by atoms with van der Waals surface area (Å²) < 4.78 is 6.45. The van der Waals surface area contributed by atoms with Crippen molar-refractivity contribution in [2.24, 2.45) is 5.92 Å². The van der Waals surface area contributed by atoms with E-state index in [9.17, 15) is 9.59 Å². The van der Waals surface area contributed by atoms with Crippen LogP contribution in [0.1, 0.15) is 20.3 Å². The molecule has 1 rings (SSSR count). The molecule has 0 spiro atoms. The number of rotatable bonds is 9. The van der Waals surface area contributed by atoms with Crippen molar-refractivity contribution in [1.82, 2.24) is 9.55 Å². The molecule has 22 heavy (non-hydrogen) atoms. The molecule has 0 radical (unpaired) electrons. The Morgan fingerprint density at radius 1 is 1.45 bits per heavy atom. The van der Waals surface area contributed by atoms with Crippen LogP contribution in [0, 0.1) is 5.92 Å². The van der Waals surface area contributed by atoms with Crippen LogP contribution in [0.3, 0.4) is 0 Å². The Kier molecular flexibility index (Phi) is 6.91. The molecule has 3 N–H and O–H groups in total. The molecule has 124 valence electrons. The van der Waals surface area contributed by atoms with E-state index in [2.05, 4.69) is 11.6 Å². The van der Waals surface area contributed by atoms with Gasteiger partial charge in [0.15, 0.2) is 0 Å². The fourth-order valence-electron chi connectivity index (χ4n) is 2.28. The van der Waals surface area contributed by atoms with Crippen LogP contribution in [0.15, 0.2) is 22.2 Å². The van der Waals surface area contributed by atoms with Crippen molar-refractivity contribution in [3.63, 3.8) is 0 Å². The monoisotopic (exact) mass is 310 g/mol. The Bertz CT molecular complexity index is 604. The third-order valence-corrected chi connectivity index (χ3v) is 3.20. The molecule has 0 bridgehead atoms. The predicted molar refractivity (Wildman–Crippen MR) is 89.5 cm³/mol. The fraction of sp³-hybridized carbons (Fsp3) is 0.600. The SMILES string of the molecule is C=CCN(CCCOC)c1c(N)n(CC(C)C)c(=O)[nH]c1=O. The first-order valence-corrected chi connectivity index (χ1v) is 7.39. The van der Waals surface area contributed by atoms with Crippen LogP contribution >= 0.6 is 0 Å². The number of nitrogens with two attached hydrogens (primary N) is 1. The molecular formula is C15H26N4O3. The van der Waals surface area contributed by atoms with E-state index in [1.165, 1.54) is 4.57 Å². The Balaban J connectivity index is 3.26. The second-order valence-electron chi connectivity index (χ2n) is 5.58. The van der Waals surface area contributed by atoms with E-state index in [1.807, 2.05) is 18.7 Å². The van der Waals surface area contributed by atoms with E-state index < -0.39 is 11.2 Å². The van der Waals surface area contributed by atoms with Gasteiger partial charge in [-0.1, -0.05) is 19.9 Å². The molecule has 7 nitrogen and oxygen atoms in total. The van der Waals surface area contributed by atoms with Crippen LogP contribution in [-0.4, -0.2) is 36.4 Å². The van der Waals surface area contributed by atoms with E-state index in [0.29, 0.717) is 31.9 Å². The Labute approximate surface area is 130 Å². The van der Waals surface area contributed by atoms with Gasteiger partial charge in [-0.25, -0.2) is 4.79 Å². The molecular weight excluding hydrogens is 284 g/mol. The Morgan fingerprint density at radius 3 is 2.68 bits per heavy atom. The summed E-state index contributed by atoms with van der Waals surface area (Å²) in [5.74, 6) is 0.432. The second kappa shape index (κ2) is 8.43. The second-order valence-corrected chi connectivity index (χ2v) is 5.58. The van der Waals surface area contributed by atoms with Gasteiger partial charge in [0.2, 0.25) is 0 Å². The Morgan fingerprint density at radius 2 is 2.14 bits per heavy atom. The normalized spacial score (nSPS) is 10.9. The highest BCUT2D eigenvalue weighted by molar-refractivity contribution is 5.62. The van der Waals surface area contributed by atoms with Crippen molar-refractivity contribution in [2.75, 3.05) is 37.4 Å². The number of methoxy groups -OCH3 is 1. The summed E-state index contributed by atoms with van der Waals surface area (Å²) in [4.78, 5) is 28.3. The van der Waals surface area contributed by atoms with Crippen molar-refractivity contribution in [3.8, 4) is 0 Å². The standard InChI is InChI=1S/C15H26N4O3/c1-5-7-18(8-6-9-22-4)12-13(16)19(10-11(2)3)15(21)17-14(12)20/h5,11H,1,6-10,16H2,2-4H3,(H,17,20,21). The number of aromatic amines is 1. The first kappa shape index (κ1) is 18.0. The lowest BCUT2D eigenvalue weighted by Crippen LogP contribution is -2.39. The summed E-state index contributed by atoms with van der Waals surface area (Å²) in [5.41, 5.74) is 5.47. The maximum absolute atomic E-state index is 12.2. The predicted octanol–water partition coefficient (Wildman–Crippen LogP) is 0.804. The van der Waals surface area contributed by atoms with Crippen LogP contribution in [0.5, 0.6) is 0 Å². The molecule has 0 aromatic carbocycles. The summed E-state index contributed by atoms with van der Waals surface area (Å²) in [5, 5.41) is 0. The van der Waals surface area contributed by atoms with Crippen LogP contribution < -0.4 is 21.9 Å². The molecule has 7 heteroatoms. The quantitative estimate of drug-likeness (QED) is 0.520. The van der Waals surface area contributed by atoms with Gasteiger partial charge < -0.3 is 15.4 Å². The van der Waals surface area contributed by atoms with Crippen molar-refractivity contribution in [2.45, 2.75) is 26.8 Å². The van der Waals surface area contributed by atoms with E-state index in [4.69, 9.17) is 10.5 Å². The number of aromatic nitrogens is 2. The molecule has 0 saturated heterocycles. The summed E-state index contributed by atoms with van der Waals surface area (Å²) in [6, 6.07) is 0. The largest absolute Gasteiger partial charge is 0.385 e. The molecule has 0 saturated carbocycles. The number of ether oxygens (including phenoxy) is 1. The number of H-pyrrole nitrogens is 1. The van der Waals surface area contributed by atoms with Crippen LogP contribution in [-0.2, 0) is 11.3 Å². The minimum atomic E-state index is -0.476. The molecule has 0 aliphatic heterocycles. The van der Waals surface area contributed by atoms with Gasteiger partial charge in [-0.05, 0) is 12.3 Å². The van der Waals surface area contributed by atoms with Gasteiger partial charge >= 0.3 is 5.69 Å². The first-order chi connectivity index (χ1) is 10.4. The summed E-state index contributed by atoms with van der Waals surface area (Å²) in [7, 11) is 1.63. The van der Waals surface area contributed by atoms with E-state index in [0.717, 1.165) is 6.42 Å². The minimum Gasteiger partial charge on any atom is -0.385 e. The zero-order valence-electron chi connectivity index (χ0n) is 13.6. The summed E-state index contributed by atoms with van der Waals surface area (Å²) in [6.07, 6.45) is 2.44. The molecule has 1 heterocycles. The highest BCUT2D eigenvalue weighted by atomic mass is 16.5. The number of nitrogens with zero attached hydrogens (tertiary/aromatic N) is 2. The molecule has 0 fully saturated rings. The van der Waals surface area contributed by atoms with Gasteiger partial charge in [-0.3, -0.25) is 14.3 Å². The van der Waals surface area contributed by atoms with E-state index >= 15 is 0 Å². The molecule has 1 aromatic heterocycles. The highest BCUT2D eigenvalue weighted by Crippen LogP contribution is 2.17. The van der Waals surface area contributed by atoms with E-state index in [-0.39, 0.29) is 11.7 Å². The molecule has 0 amide bonds. The molecule has 0 atom stereocenters. The Hall–Kier alpha value is -2.02. The van der Waals surface area contributed by atoms with Gasteiger partial charge in [0.1, 0.15) is 11.5 Å². The van der Waals surface area contributed by atoms with Gasteiger partial charge in [-0.2, -0.15) is 0 Å². The zero-order valence-corrected chi connectivity index (χ0v) is 13.6. The van der Waals surface area contributed by atoms with Gasteiger partial charge in [0.05, 0.1) is 0 Å². The van der Waals surface area contributed by atoms with E-state index in [1.54, 1.807) is 13.2 Å². The van der Waals surface area contributed by atoms with Crippen molar-refractivity contribution in [3.05, 3.63) is 33.5 Å². The lowest BCUT2D eigenvalue weighted by molar-refractivity contribution is 0.196. The van der Waals surface area contributed by atoms with Gasteiger partial charge in [0.25, 0.3) is 5.56 Å². The highest BCUT2D eigenvalue weighted by Gasteiger charge is 2.18. The minimum absolute atomic E-state index is 0.196. The third-order valence-electron chi connectivity index (χ3n) is 3.20. The maximum Gasteiger partial charge on any atom is 0.330 e. The number of hydrogen-bond donors (Lipinski definition) is 2. The number of nitrogen functional groups attached to an aromatic ring is 1. The van der Waals surface area contributed by atoms with Crippen molar-refractivity contribution in [1.29, 1.82) is 0 Å². The molecule has 0 aliphatic carbocycles. The topological polar surface area (TPSA) is 93.3 Å². The van der Waals surface area contributed by atoms with Crippen LogP contribution in [0.2, 0.25) is 0 Å². The third kappa shape index (κ3) is 4.49. The average Bonchev–Trinajstić information content (AvgIpc) is 2.43.